The van der Waals surface area contributed by atoms with Crippen molar-refractivity contribution in [3.05, 3.63) is 69.8 Å². The fourth-order valence-electron chi connectivity index (χ4n) is 1.80. The lowest BCUT2D eigenvalue weighted by Crippen LogP contribution is -2.15. The van der Waals surface area contributed by atoms with E-state index < -0.39 is 16.9 Å². The average Bonchev–Trinajstić information content (AvgIpc) is 2.54. The van der Waals surface area contributed by atoms with Crippen LogP contribution in [0.25, 0.3) is 0 Å². The molecule has 0 heterocycles. The highest BCUT2D eigenvalue weighted by molar-refractivity contribution is 6.03. The highest BCUT2D eigenvalue weighted by atomic mass is 16.6. The molecule has 2 rings (SSSR count). The van der Waals surface area contributed by atoms with Crippen LogP contribution in [0.3, 0.4) is 0 Å². The topological polar surface area (TPSA) is 95.7 Å². The number of hydrogen-bond donors (Lipinski definition) is 0. The molecule has 0 N–H and O–H groups in total. The molecule has 0 amide bonds. The summed E-state index contributed by atoms with van der Waals surface area (Å²) < 4.78 is 9.62. The highest BCUT2D eigenvalue weighted by Crippen LogP contribution is 2.27. The van der Waals surface area contributed by atoms with Crippen molar-refractivity contribution in [2.24, 2.45) is 0 Å². The Hall–Kier alpha value is -3.22. The van der Waals surface area contributed by atoms with Crippen molar-refractivity contribution in [1.82, 2.24) is 0 Å². The quantitative estimate of drug-likeness (QED) is 0.373. The number of benzene rings is 2. The van der Waals surface area contributed by atoms with Crippen LogP contribution < -0.4 is 4.74 Å². The van der Waals surface area contributed by atoms with E-state index >= 15 is 0 Å². The summed E-state index contributed by atoms with van der Waals surface area (Å²) in [4.78, 5) is 34.0. The van der Waals surface area contributed by atoms with E-state index in [4.69, 9.17) is 4.74 Å². The van der Waals surface area contributed by atoms with Crippen LogP contribution in [0.1, 0.15) is 20.7 Å². The van der Waals surface area contributed by atoms with Gasteiger partial charge in [0, 0.05) is 6.07 Å². The predicted octanol–water partition coefficient (Wildman–Crippen LogP) is 2.60. The van der Waals surface area contributed by atoms with Gasteiger partial charge in [-0.25, -0.2) is 9.59 Å². The molecular weight excluding hydrogens is 290 g/mol. The Morgan fingerprint density at radius 1 is 0.955 bits per heavy atom. The molecule has 0 aliphatic heterocycles. The first kappa shape index (κ1) is 15.2. The van der Waals surface area contributed by atoms with Crippen LogP contribution in [0.5, 0.6) is 5.75 Å². The summed E-state index contributed by atoms with van der Waals surface area (Å²) in [6.07, 6.45) is 0. The maximum absolute atomic E-state index is 12.2. The van der Waals surface area contributed by atoms with Crippen LogP contribution in [0.15, 0.2) is 48.5 Å². The van der Waals surface area contributed by atoms with Crippen molar-refractivity contribution in [1.29, 1.82) is 0 Å². The lowest BCUT2D eigenvalue weighted by atomic mass is 10.1. The van der Waals surface area contributed by atoms with Crippen molar-refractivity contribution in [2.75, 3.05) is 7.11 Å². The number of esters is 2. The molecule has 7 heteroatoms. The van der Waals surface area contributed by atoms with Crippen LogP contribution in [-0.2, 0) is 4.74 Å². The number of nitrogens with zero attached hydrogens (tertiary/aromatic N) is 1. The molecule has 7 nitrogen and oxygen atoms in total. The Labute approximate surface area is 125 Å². The van der Waals surface area contributed by atoms with Gasteiger partial charge in [0.05, 0.1) is 23.2 Å². The summed E-state index contributed by atoms with van der Waals surface area (Å²) in [6.45, 7) is 0. The fourth-order valence-corrected chi connectivity index (χ4v) is 1.80. The van der Waals surface area contributed by atoms with E-state index in [1.54, 1.807) is 12.1 Å². The van der Waals surface area contributed by atoms with E-state index in [9.17, 15) is 19.7 Å². The smallest absolute Gasteiger partial charge is 0.344 e. The SMILES string of the molecule is COC(=O)c1ccccc1C(=O)Oc1ccccc1[N+](=O)[O-]. The molecule has 2 aromatic rings. The Kier molecular flexibility index (Phi) is 4.47. The molecule has 0 aromatic heterocycles. The van der Waals surface area contributed by atoms with Crippen molar-refractivity contribution < 1.29 is 24.0 Å². The third-order valence-electron chi connectivity index (χ3n) is 2.82. The van der Waals surface area contributed by atoms with E-state index in [1.807, 2.05) is 0 Å². The van der Waals surface area contributed by atoms with Gasteiger partial charge >= 0.3 is 17.6 Å². The second-order valence-electron chi connectivity index (χ2n) is 4.15. The zero-order chi connectivity index (χ0) is 16.1. The molecule has 0 fully saturated rings. The molecule has 112 valence electrons. The molecule has 0 atom stereocenters. The third-order valence-corrected chi connectivity index (χ3v) is 2.82. The van der Waals surface area contributed by atoms with Crippen molar-refractivity contribution in [3.63, 3.8) is 0 Å². The minimum absolute atomic E-state index is 0.0218. The van der Waals surface area contributed by atoms with E-state index in [-0.39, 0.29) is 22.6 Å². The minimum Gasteiger partial charge on any atom is -0.465 e. The molecule has 0 aliphatic carbocycles. The first-order valence-corrected chi connectivity index (χ1v) is 6.17. The zero-order valence-corrected chi connectivity index (χ0v) is 11.5. The largest absolute Gasteiger partial charge is 0.465 e. The number of para-hydroxylation sites is 2. The van der Waals surface area contributed by atoms with Gasteiger partial charge in [-0.1, -0.05) is 24.3 Å². The van der Waals surface area contributed by atoms with Gasteiger partial charge in [0.2, 0.25) is 5.75 Å². The lowest BCUT2D eigenvalue weighted by Gasteiger charge is -2.08. The van der Waals surface area contributed by atoms with Gasteiger partial charge in [0.25, 0.3) is 0 Å². The van der Waals surface area contributed by atoms with Gasteiger partial charge in [0.1, 0.15) is 0 Å². The monoisotopic (exact) mass is 301 g/mol. The first-order valence-electron chi connectivity index (χ1n) is 6.17. The molecule has 0 spiro atoms. The average molecular weight is 301 g/mol. The summed E-state index contributed by atoms with van der Waals surface area (Å²) in [5.74, 6) is -1.78. The Balaban J connectivity index is 2.35. The van der Waals surface area contributed by atoms with Crippen LogP contribution in [0.4, 0.5) is 5.69 Å². The molecule has 0 radical (unpaired) electrons. The number of methoxy groups -OCH3 is 1. The van der Waals surface area contributed by atoms with Crippen LogP contribution >= 0.6 is 0 Å². The number of carbonyl (C=O) groups excluding carboxylic acids is 2. The number of rotatable bonds is 4. The van der Waals surface area contributed by atoms with Gasteiger partial charge in [-0.3, -0.25) is 10.1 Å². The minimum atomic E-state index is -0.879. The summed E-state index contributed by atoms with van der Waals surface area (Å²) in [7, 11) is 1.19. The second kappa shape index (κ2) is 6.49. The first-order chi connectivity index (χ1) is 10.5. The summed E-state index contributed by atoms with van der Waals surface area (Å²) in [5.41, 5.74) is -0.354. The lowest BCUT2D eigenvalue weighted by molar-refractivity contribution is -0.385. The summed E-state index contributed by atoms with van der Waals surface area (Å²) in [6, 6.07) is 11.4. The molecule has 22 heavy (non-hydrogen) atoms. The van der Waals surface area contributed by atoms with Gasteiger partial charge in [-0.2, -0.15) is 0 Å². The zero-order valence-electron chi connectivity index (χ0n) is 11.5. The van der Waals surface area contributed by atoms with Crippen LogP contribution in [0, 0.1) is 10.1 Å². The van der Waals surface area contributed by atoms with Crippen molar-refractivity contribution in [2.45, 2.75) is 0 Å². The number of carbonyl (C=O) groups is 2. The molecule has 0 saturated carbocycles. The molecule has 0 unspecified atom stereocenters. The Bertz CT molecular complexity index is 740. The van der Waals surface area contributed by atoms with E-state index in [1.165, 1.54) is 43.5 Å². The van der Waals surface area contributed by atoms with Gasteiger partial charge in [-0.05, 0) is 18.2 Å². The van der Waals surface area contributed by atoms with Gasteiger partial charge < -0.3 is 9.47 Å². The number of nitro benzene ring substituents is 1. The fraction of sp³-hybridized carbons (Fsp3) is 0.0667. The Morgan fingerprint density at radius 2 is 1.50 bits per heavy atom. The highest BCUT2D eigenvalue weighted by Gasteiger charge is 2.22. The van der Waals surface area contributed by atoms with Gasteiger partial charge in [0.15, 0.2) is 0 Å². The molecule has 0 bridgehead atoms. The number of ether oxygens (including phenoxy) is 2. The number of hydrogen-bond acceptors (Lipinski definition) is 6. The van der Waals surface area contributed by atoms with Crippen molar-refractivity contribution in [3.8, 4) is 5.75 Å². The second-order valence-corrected chi connectivity index (χ2v) is 4.15. The molecule has 2 aromatic carbocycles. The molecule has 0 aliphatic rings. The number of nitro groups is 1. The summed E-state index contributed by atoms with van der Waals surface area (Å²) in [5, 5.41) is 10.9. The molecular formula is C15H11NO6. The summed E-state index contributed by atoms with van der Waals surface area (Å²) >= 11 is 0. The van der Waals surface area contributed by atoms with E-state index in [0.29, 0.717) is 0 Å². The van der Waals surface area contributed by atoms with Crippen LogP contribution in [-0.4, -0.2) is 24.0 Å². The van der Waals surface area contributed by atoms with E-state index in [0.717, 1.165) is 0 Å². The van der Waals surface area contributed by atoms with Crippen LogP contribution in [0.2, 0.25) is 0 Å². The normalized spacial score (nSPS) is 9.86. The molecule has 0 saturated heterocycles. The van der Waals surface area contributed by atoms with E-state index in [2.05, 4.69) is 4.74 Å². The van der Waals surface area contributed by atoms with Crippen molar-refractivity contribution >= 4 is 17.6 Å². The van der Waals surface area contributed by atoms with Gasteiger partial charge in [-0.15, -0.1) is 0 Å². The Morgan fingerprint density at radius 3 is 2.09 bits per heavy atom. The maximum atomic E-state index is 12.2. The maximum Gasteiger partial charge on any atom is 0.344 e. The predicted molar refractivity (Wildman–Crippen MR) is 75.8 cm³/mol. The standard InChI is InChI=1S/C15H11NO6/c1-21-14(17)10-6-2-3-7-11(10)15(18)22-13-9-5-4-8-12(13)16(19)20/h2-9H,1H3. The third kappa shape index (κ3) is 3.09.